The van der Waals surface area contributed by atoms with Crippen LogP contribution < -0.4 is 11.1 Å². The van der Waals surface area contributed by atoms with E-state index in [-0.39, 0.29) is 19.1 Å². The Morgan fingerprint density at radius 1 is 1.47 bits per heavy atom. The molecule has 1 rings (SSSR count). The molecule has 92 valence electrons. The molecule has 0 unspecified atom stereocenters. The van der Waals surface area contributed by atoms with Crippen LogP contribution in [0.2, 0.25) is 0 Å². The standard InChI is InChI=1S/C10H10BrIN2O3/c11-8-2-1-6(12)5-7(8)9(15)14-3-4-17-10(13)16/h1-2,5H,3-4H2,(H2,13,16)(H,14,15). The number of carbonyl (C=O) groups excluding carboxylic acids is 2. The Morgan fingerprint density at radius 3 is 2.82 bits per heavy atom. The van der Waals surface area contributed by atoms with Crippen LogP contribution in [0, 0.1) is 3.57 Å². The fourth-order valence-corrected chi connectivity index (χ4v) is 2.00. The summed E-state index contributed by atoms with van der Waals surface area (Å²) < 4.78 is 6.17. The first-order valence-corrected chi connectivity index (χ1v) is 6.53. The van der Waals surface area contributed by atoms with Gasteiger partial charge in [-0.1, -0.05) is 0 Å². The van der Waals surface area contributed by atoms with E-state index in [4.69, 9.17) is 5.73 Å². The van der Waals surface area contributed by atoms with E-state index in [1.165, 1.54) is 0 Å². The summed E-state index contributed by atoms with van der Waals surface area (Å²) in [5.41, 5.74) is 5.32. The maximum Gasteiger partial charge on any atom is 0.404 e. The van der Waals surface area contributed by atoms with Crippen LogP contribution in [0.4, 0.5) is 4.79 Å². The second-order valence-corrected chi connectivity index (χ2v) is 5.15. The van der Waals surface area contributed by atoms with Crippen LogP contribution in [0.1, 0.15) is 10.4 Å². The molecule has 1 aromatic carbocycles. The van der Waals surface area contributed by atoms with Crippen molar-refractivity contribution >= 4 is 50.5 Å². The zero-order valence-corrected chi connectivity index (χ0v) is 12.4. The Balaban J connectivity index is 2.52. The van der Waals surface area contributed by atoms with E-state index in [1.807, 2.05) is 6.07 Å². The average Bonchev–Trinajstić information content (AvgIpc) is 2.27. The Labute approximate surface area is 120 Å². The highest BCUT2D eigenvalue weighted by Gasteiger charge is 2.09. The molecule has 0 aromatic heterocycles. The maximum atomic E-state index is 11.7. The Hall–Kier alpha value is -0.830. The van der Waals surface area contributed by atoms with Gasteiger partial charge < -0.3 is 15.8 Å². The third-order valence-corrected chi connectivity index (χ3v) is 3.17. The number of hydrogen-bond acceptors (Lipinski definition) is 3. The van der Waals surface area contributed by atoms with Crippen molar-refractivity contribution in [2.24, 2.45) is 5.73 Å². The van der Waals surface area contributed by atoms with Crippen molar-refractivity contribution in [3.63, 3.8) is 0 Å². The third kappa shape index (κ3) is 4.90. The first-order chi connectivity index (χ1) is 8.00. The van der Waals surface area contributed by atoms with Crippen molar-refractivity contribution < 1.29 is 14.3 Å². The quantitative estimate of drug-likeness (QED) is 0.585. The maximum absolute atomic E-state index is 11.7. The normalized spacial score (nSPS) is 9.76. The van der Waals surface area contributed by atoms with Crippen LogP contribution in [0.25, 0.3) is 0 Å². The highest BCUT2D eigenvalue weighted by Crippen LogP contribution is 2.19. The lowest BCUT2D eigenvalue weighted by molar-refractivity contribution is 0.0936. The van der Waals surface area contributed by atoms with Crippen LogP contribution in [-0.2, 0) is 4.74 Å². The smallest absolute Gasteiger partial charge is 0.404 e. The molecule has 0 saturated heterocycles. The van der Waals surface area contributed by atoms with E-state index in [9.17, 15) is 9.59 Å². The van der Waals surface area contributed by atoms with Crippen molar-refractivity contribution in [1.82, 2.24) is 5.32 Å². The number of benzene rings is 1. The molecule has 17 heavy (non-hydrogen) atoms. The van der Waals surface area contributed by atoms with Gasteiger partial charge in [0.15, 0.2) is 0 Å². The zero-order chi connectivity index (χ0) is 12.8. The fourth-order valence-electron chi connectivity index (χ4n) is 1.08. The van der Waals surface area contributed by atoms with Gasteiger partial charge >= 0.3 is 6.09 Å². The van der Waals surface area contributed by atoms with E-state index in [2.05, 4.69) is 48.6 Å². The van der Waals surface area contributed by atoms with Gasteiger partial charge in [-0.2, -0.15) is 0 Å². The summed E-state index contributed by atoms with van der Waals surface area (Å²) in [5, 5.41) is 2.62. The average molecular weight is 413 g/mol. The van der Waals surface area contributed by atoms with Gasteiger partial charge in [0.2, 0.25) is 0 Å². The number of nitrogens with two attached hydrogens (primary N) is 1. The van der Waals surface area contributed by atoms with Gasteiger partial charge in [-0.05, 0) is 56.7 Å². The highest BCUT2D eigenvalue weighted by atomic mass is 127. The molecule has 0 saturated carbocycles. The highest BCUT2D eigenvalue weighted by molar-refractivity contribution is 14.1. The topological polar surface area (TPSA) is 81.4 Å². The number of hydrogen-bond donors (Lipinski definition) is 2. The van der Waals surface area contributed by atoms with Gasteiger partial charge in [-0.3, -0.25) is 4.79 Å². The molecule has 0 spiro atoms. The minimum Gasteiger partial charge on any atom is -0.448 e. The second-order valence-electron chi connectivity index (χ2n) is 3.05. The number of ether oxygens (including phenoxy) is 1. The number of primary amides is 1. The van der Waals surface area contributed by atoms with E-state index >= 15 is 0 Å². The van der Waals surface area contributed by atoms with Gasteiger partial charge in [0.25, 0.3) is 5.91 Å². The predicted molar refractivity (Wildman–Crippen MR) is 74.7 cm³/mol. The third-order valence-electron chi connectivity index (χ3n) is 1.80. The second kappa shape index (κ2) is 6.80. The molecule has 2 amide bonds. The minimum absolute atomic E-state index is 0.0582. The Bertz CT molecular complexity index is 440. The molecule has 0 aliphatic carbocycles. The molecule has 0 radical (unpaired) electrons. The van der Waals surface area contributed by atoms with E-state index in [0.29, 0.717) is 10.0 Å². The van der Waals surface area contributed by atoms with E-state index in [1.54, 1.807) is 12.1 Å². The molecule has 7 heteroatoms. The monoisotopic (exact) mass is 412 g/mol. The number of amides is 2. The van der Waals surface area contributed by atoms with Crippen molar-refractivity contribution in [3.05, 3.63) is 31.8 Å². The van der Waals surface area contributed by atoms with Crippen molar-refractivity contribution in [2.75, 3.05) is 13.2 Å². The molecular weight excluding hydrogens is 403 g/mol. The van der Waals surface area contributed by atoms with Crippen molar-refractivity contribution in [2.45, 2.75) is 0 Å². The molecule has 0 fully saturated rings. The van der Waals surface area contributed by atoms with Crippen LogP contribution in [-0.4, -0.2) is 25.2 Å². The minimum atomic E-state index is -0.852. The van der Waals surface area contributed by atoms with Gasteiger partial charge in [0.05, 0.1) is 12.1 Å². The van der Waals surface area contributed by atoms with Crippen LogP contribution in [0.5, 0.6) is 0 Å². The molecular formula is C10H10BrIN2O3. The van der Waals surface area contributed by atoms with Gasteiger partial charge in [-0.25, -0.2) is 4.79 Å². The first kappa shape index (κ1) is 14.2. The molecule has 0 aliphatic rings. The molecule has 5 nitrogen and oxygen atoms in total. The molecule has 0 bridgehead atoms. The van der Waals surface area contributed by atoms with Gasteiger partial charge in [0, 0.05) is 8.04 Å². The Kier molecular flexibility index (Phi) is 5.69. The van der Waals surface area contributed by atoms with Crippen LogP contribution in [0.15, 0.2) is 22.7 Å². The van der Waals surface area contributed by atoms with Crippen LogP contribution >= 0.6 is 38.5 Å². The van der Waals surface area contributed by atoms with Crippen molar-refractivity contribution in [3.8, 4) is 0 Å². The summed E-state index contributed by atoms with van der Waals surface area (Å²) in [4.78, 5) is 22.0. The van der Waals surface area contributed by atoms with Gasteiger partial charge in [0.1, 0.15) is 6.61 Å². The summed E-state index contributed by atoms with van der Waals surface area (Å²) in [7, 11) is 0. The fraction of sp³-hybridized carbons (Fsp3) is 0.200. The number of halogens is 2. The molecule has 0 aliphatic heterocycles. The van der Waals surface area contributed by atoms with E-state index in [0.717, 1.165) is 3.57 Å². The largest absolute Gasteiger partial charge is 0.448 e. The lowest BCUT2D eigenvalue weighted by Crippen LogP contribution is -2.29. The van der Waals surface area contributed by atoms with Crippen molar-refractivity contribution in [1.29, 1.82) is 0 Å². The summed E-state index contributed by atoms with van der Waals surface area (Å²) in [6, 6.07) is 5.45. The summed E-state index contributed by atoms with van der Waals surface area (Å²) >= 11 is 5.42. The summed E-state index contributed by atoms with van der Waals surface area (Å²) in [6.45, 7) is 0.280. The number of nitrogens with one attached hydrogen (secondary N) is 1. The predicted octanol–water partition coefficient (Wildman–Crippen LogP) is 1.88. The molecule has 0 heterocycles. The summed E-state index contributed by atoms with van der Waals surface area (Å²) in [6.07, 6.45) is -0.852. The number of rotatable bonds is 4. The van der Waals surface area contributed by atoms with Gasteiger partial charge in [-0.15, -0.1) is 0 Å². The zero-order valence-electron chi connectivity index (χ0n) is 8.70. The lowest BCUT2D eigenvalue weighted by atomic mass is 10.2. The van der Waals surface area contributed by atoms with Crippen LogP contribution in [0.3, 0.4) is 0 Å². The SMILES string of the molecule is NC(=O)OCCNC(=O)c1cc(I)ccc1Br. The summed E-state index contributed by atoms with van der Waals surface area (Å²) in [5.74, 6) is -0.233. The molecule has 0 atom stereocenters. The molecule has 1 aromatic rings. The van der Waals surface area contributed by atoms with E-state index < -0.39 is 6.09 Å². The lowest BCUT2D eigenvalue weighted by Gasteiger charge is -2.07. The number of carbonyl (C=O) groups is 2. The first-order valence-electron chi connectivity index (χ1n) is 4.66. The molecule has 3 N–H and O–H groups in total. The Morgan fingerprint density at radius 2 is 2.18 bits per heavy atom.